The molecule has 0 saturated heterocycles. The lowest BCUT2D eigenvalue weighted by Crippen LogP contribution is -2.15. The maximum absolute atomic E-state index is 12.9. The monoisotopic (exact) mass is 336 g/mol. The van der Waals surface area contributed by atoms with E-state index in [4.69, 9.17) is 5.26 Å². The van der Waals surface area contributed by atoms with E-state index in [2.05, 4.69) is 10.3 Å². The number of nitro groups is 1. The zero-order valence-electron chi connectivity index (χ0n) is 11.7. The molecule has 0 bridgehead atoms. The standard InChI is InChI=1S/C14H7F3N4O3/c15-14(16,17)10-5-9(2-4-12(10)21(23)24)20-13(22)11-3-1-8(6-18)7-19-11/h1-5,7H,(H,20,22). The number of amides is 1. The summed E-state index contributed by atoms with van der Waals surface area (Å²) in [6, 6.07) is 6.46. The van der Waals surface area contributed by atoms with Crippen molar-refractivity contribution in [3.8, 4) is 6.07 Å². The predicted molar refractivity (Wildman–Crippen MR) is 75.0 cm³/mol. The topological polar surface area (TPSA) is 109 Å². The molecule has 7 nitrogen and oxygen atoms in total. The third-order valence-electron chi connectivity index (χ3n) is 2.88. The van der Waals surface area contributed by atoms with E-state index in [0.717, 1.165) is 12.3 Å². The van der Waals surface area contributed by atoms with Crippen molar-refractivity contribution in [1.82, 2.24) is 4.98 Å². The quantitative estimate of drug-likeness (QED) is 0.684. The fourth-order valence-corrected chi connectivity index (χ4v) is 1.79. The van der Waals surface area contributed by atoms with Crippen molar-refractivity contribution in [3.05, 3.63) is 63.5 Å². The largest absolute Gasteiger partial charge is 0.423 e. The Bertz CT molecular complexity index is 842. The van der Waals surface area contributed by atoms with Gasteiger partial charge in [0.25, 0.3) is 11.6 Å². The van der Waals surface area contributed by atoms with Crippen LogP contribution in [0.1, 0.15) is 21.6 Å². The van der Waals surface area contributed by atoms with Gasteiger partial charge in [-0.05, 0) is 24.3 Å². The van der Waals surface area contributed by atoms with E-state index in [1.807, 2.05) is 0 Å². The number of aromatic nitrogens is 1. The van der Waals surface area contributed by atoms with Crippen LogP contribution in [0.2, 0.25) is 0 Å². The van der Waals surface area contributed by atoms with Gasteiger partial charge in [-0.1, -0.05) is 0 Å². The first-order valence-corrected chi connectivity index (χ1v) is 6.25. The Balaban J connectivity index is 2.31. The number of benzene rings is 1. The Morgan fingerprint density at radius 3 is 2.50 bits per heavy atom. The number of hydrogen-bond acceptors (Lipinski definition) is 5. The van der Waals surface area contributed by atoms with Crippen LogP contribution in [0.15, 0.2) is 36.5 Å². The summed E-state index contributed by atoms with van der Waals surface area (Å²) in [6.45, 7) is 0. The van der Waals surface area contributed by atoms with Gasteiger partial charge in [0.05, 0.1) is 10.5 Å². The molecule has 0 fully saturated rings. The summed E-state index contributed by atoms with van der Waals surface area (Å²) in [5.74, 6) is -0.818. The van der Waals surface area contributed by atoms with E-state index in [-0.39, 0.29) is 16.9 Å². The number of nitrogens with one attached hydrogen (secondary N) is 1. The molecule has 0 unspecified atom stereocenters. The van der Waals surface area contributed by atoms with E-state index in [0.29, 0.717) is 12.1 Å². The number of anilines is 1. The van der Waals surface area contributed by atoms with Gasteiger partial charge in [0.2, 0.25) is 0 Å². The molecular weight excluding hydrogens is 329 g/mol. The van der Waals surface area contributed by atoms with Crippen LogP contribution in [0.3, 0.4) is 0 Å². The summed E-state index contributed by atoms with van der Waals surface area (Å²) in [4.78, 5) is 25.1. The van der Waals surface area contributed by atoms with E-state index in [1.165, 1.54) is 12.1 Å². The van der Waals surface area contributed by atoms with E-state index >= 15 is 0 Å². The molecule has 2 rings (SSSR count). The first-order chi connectivity index (χ1) is 11.2. The van der Waals surface area contributed by atoms with Crippen molar-refractivity contribution in [2.24, 2.45) is 0 Å². The maximum Gasteiger partial charge on any atom is 0.423 e. The highest BCUT2D eigenvalue weighted by molar-refractivity contribution is 6.03. The molecular formula is C14H7F3N4O3. The lowest BCUT2D eigenvalue weighted by Gasteiger charge is -2.10. The molecule has 1 N–H and O–H groups in total. The Morgan fingerprint density at radius 1 is 1.29 bits per heavy atom. The lowest BCUT2D eigenvalue weighted by atomic mass is 10.1. The number of nitro benzene ring substituents is 1. The van der Waals surface area contributed by atoms with Crippen LogP contribution in [0.4, 0.5) is 24.5 Å². The predicted octanol–water partition coefficient (Wildman–Crippen LogP) is 3.13. The van der Waals surface area contributed by atoms with Crippen molar-refractivity contribution in [3.63, 3.8) is 0 Å². The highest BCUT2D eigenvalue weighted by Crippen LogP contribution is 2.37. The fraction of sp³-hybridized carbons (Fsp3) is 0.0714. The molecule has 1 aromatic heterocycles. The fourth-order valence-electron chi connectivity index (χ4n) is 1.79. The number of carbonyl (C=O) groups is 1. The second-order valence-electron chi connectivity index (χ2n) is 4.48. The second-order valence-corrected chi connectivity index (χ2v) is 4.48. The van der Waals surface area contributed by atoms with Gasteiger partial charge in [-0.25, -0.2) is 4.98 Å². The number of nitriles is 1. The molecule has 2 aromatic rings. The number of alkyl halides is 3. The smallest absolute Gasteiger partial charge is 0.321 e. The Hall–Kier alpha value is -3.48. The van der Waals surface area contributed by atoms with Gasteiger partial charge in [0, 0.05) is 18.0 Å². The van der Waals surface area contributed by atoms with Crippen LogP contribution in [0.5, 0.6) is 0 Å². The van der Waals surface area contributed by atoms with Crippen LogP contribution in [-0.4, -0.2) is 15.8 Å². The minimum atomic E-state index is -4.95. The number of halogens is 3. The van der Waals surface area contributed by atoms with Gasteiger partial charge >= 0.3 is 6.18 Å². The summed E-state index contributed by atoms with van der Waals surface area (Å²) in [7, 11) is 0. The Morgan fingerprint density at radius 2 is 2.00 bits per heavy atom. The molecule has 24 heavy (non-hydrogen) atoms. The van der Waals surface area contributed by atoms with E-state index in [9.17, 15) is 28.1 Å². The normalized spacial score (nSPS) is 10.8. The molecule has 0 aliphatic heterocycles. The molecule has 1 heterocycles. The first kappa shape index (κ1) is 16.9. The molecule has 0 saturated carbocycles. The molecule has 1 amide bonds. The Labute approximate surface area is 132 Å². The average molecular weight is 336 g/mol. The van der Waals surface area contributed by atoms with Gasteiger partial charge in [-0.3, -0.25) is 14.9 Å². The third kappa shape index (κ3) is 3.64. The van der Waals surface area contributed by atoms with Gasteiger partial charge in [-0.15, -0.1) is 0 Å². The molecule has 0 atom stereocenters. The summed E-state index contributed by atoms with van der Waals surface area (Å²) in [6.07, 6.45) is -3.82. The first-order valence-electron chi connectivity index (χ1n) is 6.25. The van der Waals surface area contributed by atoms with Gasteiger partial charge < -0.3 is 5.32 Å². The van der Waals surface area contributed by atoms with Crippen LogP contribution in [0, 0.1) is 21.4 Å². The van der Waals surface area contributed by atoms with Crippen molar-refractivity contribution in [2.75, 3.05) is 5.32 Å². The van der Waals surface area contributed by atoms with Crippen molar-refractivity contribution >= 4 is 17.3 Å². The van der Waals surface area contributed by atoms with Crippen LogP contribution >= 0.6 is 0 Å². The Kier molecular flexibility index (Phi) is 4.45. The van der Waals surface area contributed by atoms with E-state index < -0.39 is 28.3 Å². The number of pyridine rings is 1. The summed E-state index contributed by atoms with van der Waals surface area (Å²) in [5, 5.41) is 21.5. The summed E-state index contributed by atoms with van der Waals surface area (Å²) >= 11 is 0. The summed E-state index contributed by atoms with van der Waals surface area (Å²) < 4.78 is 38.6. The van der Waals surface area contributed by atoms with Crippen LogP contribution < -0.4 is 5.32 Å². The van der Waals surface area contributed by atoms with Gasteiger partial charge in [-0.2, -0.15) is 18.4 Å². The molecule has 0 aliphatic rings. The molecule has 122 valence electrons. The van der Waals surface area contributed by atoms with Crippen LogP contribution in [0.25, 0.3) is 0 Å². The third-order valence-corrected chi connectivity index (χ3v) is 2.88. The zero-order chi connectivity index (χ0) is 17.9. The molecule has 0 aliphatic carbocycles. The number of carbonyl (C=O) groups excluding carboxylic acids is 1. The lowest BCUT2D eigenvalue weighted by molar-refractivity contribution is -0.388. The molecule has 10 heteroatoms. The highest BCUT2D eigenvalue weighted by Gasteiger charge is 2.38. The molecule has 1 aromatic carbocycles. The summed E-state index contributed by atoms with van der Waals surface area (Å²) in [5.41, 5.74) is -2.78. The maximum atomic E-state index is 12.9. The van der Waals surface area contributed by atoms with Gasteiger partial charge in [0.1, 0.15) is 17.3 Å². The van der Waals surface area contributed by atoms with Crippen molar-refractivity contribution in [1.29, 1.82) is 5.26 Å². The minimum Gasteiger partial charge on any atom is -0.321 e. The molecule has 0 spiro atoms. The van der Waals surface area contributed by atoms with Crippen LogP contribution in [-0.2, 0) is 6.18 Å². The second kappa shape index (κ2) is 6.33. The van der Waals surface area contributed by atoms with E-state index in [1.54, 1.807) is 6.07 Å². The number of rotatable bonds is 3. The number of hydrogen-bond donors (Lipinski definition) is 1. The highest BCUT2D eigenvalue weighted by atomic mass is 19.4. The number of nitrogens with zero attached hydrogens (tertiary/aromatic N) is 3. The SMILES string of the molecule is N#Cc1ccc(C(=O)Nc2ccc([N+](=O)[O-])c(C(F)(F)F)c2)nc1. The average Bonchev–Trinajstić information content (AvgIpc) is 2.53. The molecule has 0 radical (unpaired) electrons. The van der Waals surface area contributed by atoms with Gasteiger partial charge in [0.15, 0.2) is 0 Å². The van der Waals surface area contributed by atoms with Crippen molar-refractivity contribution < 1.29 is 22.9 Å². The minimum absolute atomic E-state index is 0.124. The van der Waals surface area contributed by atoms with Crippen molar-refractivity contribution in [2.45, 2.75) is 6.18 Å². The zero-order valence-corrected chi connectivity index (χ0v) is 11.7.